The molecule has 72 valence electrons. The molecule has 5 heteroatoms. The average Bonchev–Trinajstić information content (AvgIpc) is 2.33. The standard InChI is InChI=1S/C8H12N2O2S/c1-10(2)4-6-5-13-7(9-6)3-8(11)12/h5H,3-4H2,1-2H3,(H,11,12). The van der Waals surface area contributed by atoms with Gasteiger partial charge in [-0.2, -0.15) is 0 Å². The average molecular weight is 200 g/mol. The lowest BCUT2D eigenvalue weighted by Crippen LogP contribution is -2.11. The number of carboxylic acid groups (broad SMARTS) is 1. The normalized spacial score (nSPS) is 10.7. The topological polar surface area (TPSA) is 53.4 Å². The largest absolute Gasteiger partial charge is 0.481 e. The first kappa shape index (κ1) is 10.1. The first-order valence-electron chi connectivity index (χ1n) is 3.87. The summed E-state index contributed by atoms with van der Waals surface area (Å²) in [6.07, 6.45) is 0.0259. The van der Waals surface area contributed by atoms with Crippen molar-refractivity contribution in [1.29, 1.82) is 0 Å². The molecule has 0 radical (unpaired) electrons. The predicted molar refractivity (Wildman–Crippen MR) is 50.8 cm³/mol. The van der Waals surface area contributed by atoms with E-state index in [0.717, 1.165) is 12.2 Å². The summed E-state index contributed by atoms with van der Waals surface area (Å²) in [7, 11) is 3.91. The Hall–Kier alpha value is -0.940. The molecular formula is C8H12N2O2S. The zero-order valence-corrected chi connectivity index (χ0v) is 8.47. The second-order valence-electron chi connectivity index (χ2n) is 3.04. The molecule has 0 saturated carbocycles. The third kappa shape index (κ3) is 3.52. The Morgan fingerprint density at radius 1 is 1.69 bits per heavy atom. The molecule has 0 aliphatic rings. The number of aromatic nitrogens is 1. The van der Waals surface area contributed by atoms with Crippen LogP contribution in [0.5, 0.6) is 0 Å². The van der Waals surface area contributed by atoms with Crippen LogP contribution in [0.1, 0.15) is 10.7 Å². The maximum Gasteiger partial charge on any atom is 0.310 e. The van der Waals surface area contributed by atoms with Gasteiger partial charge in [-0.3, -0.25) is 4.79 Å². The molecule has 13 heavy (non-hydrogen) atoms. The minimum Gasteiger partial charge on any atom is -0.481 e. The highest BCUT2D eigenvalue weighted by Crippen LogP contribution is 2.11. The van der Waals surface area contributed by atoms with Crippen LogP contribution in [-0.4, -0.2) is 35.1 Å². The first-order chi connectivity index (χ1) is 6.08. The van der Waals surface area contributed by atoms with E-state index >= 15 is 0 Å². The highest BCUT2D eigenvalue weighted by molar-refractivity contribution is 7.09. The number of carboxylic acids is 1. The lowest BCUT2D eigenvalue weighted by atomic mass is 10.4. The fourth-order valence-corrected chi connectivity index (χ4v) is 1.73. The van der Waals surface area contributed by atoms with Crippen molar-refractivity contribution in [2.75, 3.05) is 14.1 Å². The predicted octanol–water partition coefficient (Wildman–Crippen LogP) is 0.832. The van der Waals surface area contributed by atoms with Crippen LogP contribution in [0, 0.1) is 0 Å². The van der Waals surface area contributed by atoms with Crippen LogP contribution in [0.25, 0.3) is 0 Å². The van der Waals surface area contributed by atoms with Crippen molar-refractivity contribution in [1.82, 2.24) is 9.88 Å². The smallest absolute Gasteiger partial charge is 0.310 e. The molecule has 1 rings (SSSR count). The van der Waals surface area contributed by atoms with Crippen molar-refractivity contribution in [2.24, 2.45) is 0 Å². The van der Waals surface area contributed by atoms with Gasteiger partial charge in [-0.05, 0) is 14.1 Å². The molecule has 4 nitrogen and oxygen atoms in total. The summed E-state index contributed by atoms with van der Waals surface area (Å²) in [4.78, 5) is 16.5. The Balaban J connectivity index is 2.58. The van der Waals surface area contributed by atoms with Gasteiger partial charge < -0.3 is 10.0 Å². The number of nitrogens with zero attached hydrogens (tertiary/aromatic N) is 2. The summed E-state index contributed by atoms with van der Waals surface area (Å²) in [5.74, 6) is -0.828. The summed E-state index contributed by atoms with van der Waals surface area (Å²) >= 11 is 1.40. The maximum atomic E-state index is 10.4. The van der Waals surface area contributed by atoms with E-state index in [1.807, 2.05) is 24.4 Å². The minimum absolute atomic E-state index is 0.0259. The fourth-order valence-electron chi connectivity index (χ4n) is 0.956. The summed E-state index contributed by atoms with van der Waals surface area (Å²) in [6, 6.07) is 0. The lowest BCUT2D eigenvalue weighted by Gasteiger charge is -2.05. The van der Waals surface area contributed by atoms with Crippen LogP contribution in [-0.2, 0) is 17.8 Å². The van der Waals surface area contributed by atoms with Gasteiger partial charge in [0.1, 0.15) is 5.01 Å². The summed E-state index contributed by atoms with van der Waals surface area (Å²) in [5, 5.41) is 11.1. The minimum atomic E-state index is -0.828. The molecule has 0 fully saturated rings. The number of rotatable bonds is 4. The Bertz CT molecular complexity index is 296. The van der Waals surface area contributed by atoms with Crippen molar-refractivity contribution in [2.45, 2.75) is 13.0 Å². The molecule has 0 aliphatic carbocycles. The Morgan fingerprint density at radius 2 is 2.38 bits per heavy atom. The van der Waals surface area contributed by atoms with Gasteiger partial charge in [0.15, 0.2) is 0 Å². The Morgan fingerprint density at radius 3 is 2.92 bits per heavy atom. The lowest BCUT2D eigenvalue weighted by molar-refractivity contribution is -0.136. The van der Waals surface area contributed by atoms with Crippen molar-refractivity contribution in [3.8, 4) is 0 Å². The number of hydrogen-bond donors (Lipinski definition) is 1. The number of hydrogen-bond acceptors (Lipinski definition) is 4. The van der Waals surface area contributed by atoms with Crippen molar-refractivity contribution in [3.05, 3.63) is 16.1 Å². The highest BCUT2D eigenvalue weighted by atomic mass is 32.1. The SMILES string of the molecule is CN(C)Cc1csc(CC(=O)O)n1. The molecule has 0 atom stereocenters. The van der Waals surface area contributed by atoms with E-state index in [1.165, 1.54) is 11.3 Å². The summed E-state index contributed by atoms with van der Waals surface area (Å²) in [5.41, 5.74) is 0.936. The molecule has 1 N–H and O–H groups in total. The van der Waals surface area contributed by atoms with E-state index in [0.29, 0.717) is 5.01 Å². The molecule has 0 spiro atoms. The van der Waals surface area contributed by atoms with Crippen molar-refractivity contribution in [3.63, 3.8) is 0 Å². The molecule has 0 aliphatic heterocycles. The Labute approximate surface area is 80.8 Å². The second kappa shape index (κ2) is 4.34. The summed E-state index contributed by atoms with van der Waals surface area (Å²) in [6.45, 7) is 0.760. The second-order valence-corrected chi connectivity index (χ2v) is 3.98. The van der Waals surface area contributed by atoms with E-state index in [2.05, 4.69) is 4.98 Å². The highest BCUT2D eigenvalue weighted by Gasteiger charge is 2.06. The molecule has 1 aromatic rings. The van der Waals surface area contributed by atoms with Gasteiger partial charge in [-0.15, -0.1) is 11.3 Å². The van der Waals surface area contributed by atoms with Gasteiger partial charge >= 0.3 is 5.97 Å². The summed E-state index contributed by atoms with van der Waals surface area (Å²) < 4.78 is 0. The third-order valence-corrected chi connectivity index (χ3v) is 2.28. The van der Waals surface area contributed by atoms with Crippen molar-refractivity contribution >= 4 is 17.3 Å². The van der Waals surface area contributed by atoms with Gasteiger partial charge in [0.2, 0.25) is 0 Å². The van der Waals surface area contributed by atoms with E-state index in [9.17, 15) is 4.79 Å². The zero-order chi connectivity index (χ0) is 9.84. The molecule has 0 unspecified atom stereocenters. The quantitative estimate of drug-likeness (QED) is 0.782. The molecule has 0 bridgehead atoms. The van der Waals surface area contributed by atoms with E-state index in [1.54, 1.807) is 0 Å². The molecule has 0 amide bonds. The van der Waals surface area contributed by atoms with E-state index in [-0.39, 0.29) is 6.42 Å². The van der Waals surface area contributed by atoms with Crippen LogP contribution < -0.4 is 0 Å². The van der Waals surface area contributed by atoms with Gasteiger partial charge in [-0.1, -0.05) is 0 Å². The molecule has 0 saturated heterocycles. The van der Waals surface area contributed by atoms with Crippen LogP contribution >= 0.6 is 11.3 Å². The fraction of sp³-hybridized carbons (Fsp3) is 0.500. The van der Waals surface area contributed by atoms with Crippen LogP contribution in [0.15, 0.2) is 5.38 Å². The molecule has 1 heterocycles. The number of thiazole rings is 1. The molecular weight excluding hydrogens is 188 g/mol. The van der Waals surface area contributed by atoms with Gasteiger partial charge in [0, 0.05) is 11.9 Å². The van der Waals surface area contributed by atoms with Crippen LogP contribution in [0.2, 0.25) is 0 Å². The number of aliphatic carboxylic acids is 1. The van der Waals surface area contributed by atoms with Gasteiger partial charge in [-0.25, -0.2) is 4.98 Å². The monoisotopic (exact) mass is 200 g/mol. The Kier molecular flexibility index (Phi) is 3.39. The molecule has 0 aromatic carbocycles. The zero-order valence-electron chi connectivity index (χ0n) is 7.65. The van der Waals surface area contributed by atoms with Gasteiger partial charge in [0.05, 0.1) is 12.1 Å². The van der Waals surface area contributed by atoms with Crippen LogP contribution in [0.3, 0.4) is 0 Å². The third-order valence-electron chi connectivity index (χ3n) is 1.38. The van der Waals surface area contributed by atoms with Crippen molar-refractivity contribution < 1.29 is 9.90 Å². The van der Waals surface area contributed by atoms with Crippen LogP contribution in [0.4, 0.5) is 0 Å². The van der Waals surface area contributed by atoms with E-state index < -0.39 is 5.97 Å². The van der Waals surface area contributed by atoms with E-state index in [4.69, 9.17) is 5.11 Å². The molecule has 1 aromatic heterocycles. The first-order valence-corrected chi connectivity index (χ1v) is 4.75. The number of carbonyl (C=O) groups is 1. The maximum absolute atomic E-state index is 10.4. The van der Waals surface area contributed by atoms with Gasteiger partial charge in [0.25, 0.3) is 0 Å².